The zero-order chi connectivity index (χ0) is 19.4. The van der Waals surface area contributed by atoms with Crippen molar-refractivity contribution in [2.24, 2.45) is 0 Å². The van der Waals surface area contributed by atoms with Gasteiger partial charge in [0.25, 0.3) is 11.8 Å². The van der Waals surface area contributed by atoms with Crippen LogP contribution in [0.25, 0.3) is 0 Å². The van der Waals surface area contributed by atoms with Crippen LogP contribution >= 0.6 is 11.6 Å². The first-order valence-electron chi connectivity index (χ1n) is 8.35. The molecular weight excluding hydrogens is 362 g/mol. The lowest BCUT2D eigenvalue weighted by atomic mass is 10.1. The number of halogens is 1. The van der Waals surface area contributed by atoms with Crippen molar-refractivity contribution in [1.29, 1.82) is 0 Å². The van der Waals surface area contributed by atoms with Gasteiger partial charge in [0.05, 0.1) is 22.5 Å². The fourth-order valence-electron chi connectivity index (χ4n) is 2.64. The second kappa shape index (κ2) is 8.01. The molecule has 27 heavy (non-hydrogen) atoms. The van der Waals surface area contributed by atoms with Crippen molar-refractivity contribution in [1.82, 2.24) is 4.98 Å². The van der Waals surface area contributed by atoms with Crippen molar-refractivity contribution in [3.63, 3.8) is 0 Å². The highest BCUT2D eigenvalue weighted by molar-refractivity contribution is 6.30. The lowest BCUT2D eigenvalue weighted by molar-refractivity contribution is 0.102. The lowest BCUT2D eigenvalue weighted by Gasteiger charge is -2.12. The number of anilines is 2. The number of benzene rings is 2. The number of carbonyl (C=O) groups excluding carboxylic acids is 2. The molecule has 1 aromatic heterocycles. The smallest absolute Gasteiger partial charge is 0.257 e. The summed E-state index contributed by atoms with van der Waals surface area (Å²) in [6, 6.07) is 17.2. The van der Waals surface area contributed by atoms with E-state index in [4.69, 9.17) is 11.6 Å². The first kappa shape index (κ1) is 18.6. The maximum atomic E-state index is 12.6. The molecule has 2 N–H and O–H groups in total. The molecule has 0 bridgehead atoms. The van der Waals surface area contributed by atoms with Gasteiger partial charge in [-0.05, 0) is 62.4 Å². The van der Waals surface area contributed by atoms with Crippen LogP contribution in [-0.4, -0.2) is 16.8 Å². The Morgan fingerprint density at radius 3 is 2.19 bits per heavy atom. The summed E-state index contributed by atoms with van der Waals surface area (Å²) in [6.45, 7) is 3.64. The Hall–Kier alpha value is -3.18. The molecule has 2 amide bonds. The van der Waals surface area contributed by atoms with Gasteiger partial charge in [-0.1, -0.05) is 23.7 Å². The van der Waals surface area contributed by atoms with E-state index in [2.05, 4.69) is 15.6 Å². The normalized spacial score (nSPS) is 10.3. The minimum atomic E-state index is -0.327. The van der Waals surface area contributed by atoms with E-state index in [1.165, 1.54) is 0 Å². The first-order valence-corrected chi connectivity index (χ1v) is 8.73. The van der Waals surface area contributed by atoms with Crippen LogP contribution in [0.15, 0.2) is 60.7 Å². The Morgan fingerprint density at radius 1 is 0.815 bits per heavy atom. The number of amides is 2. The molecule has 0 aliphatic heterocycles. The summed E-state index contributed by atoms with van der Waals surface area (Å²) in [5, 5.41) is 6.18. The number of nitrogens with zero attached hydrogens (tertiary/aromatic N) is 1. The molecule has 2 aromatic carbocycles. The number of rotatable bonds is 4. The predicted molar refractivity (Wildman–Crippen MR) is 108 cm³/mol. The number of aryl methyl sites for hydroxylation is 2. The van der Waals surface area contributed by atoms with Crippen molar-refractivity contribution in [3.8, 4) is 0 Å². The van der Waals surface area contributed by atoms with Crippen molar-refractivity contribution in [3.05, 3.63) is 88.2 Å². The van der Waals surface area contributed by atoms with Crippen LogP contribution in [-0.2, 0) is 0 Å². The average molecular weight is 380 g/mol. The number of hydrogen-bond acceptors (Lipinski definition) is 3. The van der Waals surface area contributed by atoms with Crippen LogP contribution in [0.2, 0.25) is 5.02 Å². The third kappa shape index (κ3) is 4.51. The molecule has 0 atom stereocenters. The highest BCUT2D eigenvalue weighted by Crippen LogP contribution is 2.20. The van der Waals surface area contributed by atoms with Gasteiger partial charge < -0.3 is 10.6 Å². The Balaban J connectivity index is 1.82. The largest absolute Gasteiger partial charge is 0.322 e. The van der Waals surface area contributed by atoms with Crippen LogP contribution in [0.4, 0.5) is 11.4 Å². The summed E-state index contributed by atoms with van der Waals surface area (Å²) in [4.78, 5) is 29.6. The van der Waals surface area contributed by atoms with Gasteiger partial charge in [0.15, 0.2) is 0 Å². The molecule has 0 saturated carbocycles. The summed E-state index contributed by atoms with van der Waals surface area (Å²) in [6.07, 6.45) is 0. The maximum Gasteiger partial charge on any atom is 0.257 e. The summed E-state index contributed by atoms with van der Waals surface area (Å²) in [5.74, 6) is -0.640. The first-order chi connectivity index (χ1) is 12.9. The molecule has 0 radical (unpaired) electrons. The average Bonchev–Trinajstić information content (AvgIpc) is 2.64. The van der Waals surface area contributed by atoms with E-state index in [1.54, 1.807) is 67.6 Å². The Labute approximate surface area is 162 Å². The van der Waals surface area contributed by atoms with Crippen molar-refractivity contribution in [2.75, 3.05) is 10.6 Å². The van der Waals surface area contributed by atoms with Crippen LogP contribution in [0, 0.1) is 13.8 Å². The second-order valence-corrected chi connectivity index (χ2v) is 6.48. The number of aromatic nitrogens is 1. The highest BCUT2D eigenvalue weighted by atomic mass is 35.5. The van der Waals surface area contributed by atoms with Gasteiger partial charge in [-0.2, -0.15) is 0 Å². The molecular formula is C21H18ClN3O2. The van der Waals surface area contributed by atoms with Crippen molar-refractivity contribution >= 4 is 34.8 Å². The van der Waals surface area contributed by atoms with Gasteiger partial charge in [0, 0.05) is 16.4 Å². The van der Waals surface area contributed by atoms with E-state index < -0.39 is 0 Å². The number of carbonyl (C=O) groups is 2. The molecule has 3 rings (SSSR count). The number of nitrogens with one attached hydrogen (secondary N) is 2. The molecule has 0 aliphatic rings. The molecule has 136 valence electrons. The van der Waals surface area contributed by atoms with E-state index >= 15 is 0 Å². The number of pyridine rings is 1. The number of para-hydroxylation sites is 1. The van der Waals surface area contributed by atoms with E-state index in [0.717, 1.165) is 5.69 Å². The van der Waals surface area contributed by atoms with E-state index in [1.807, 2.05) is 6.92 Å². The molecule has 0 spiro atoms. The van der Waals surface area contributed by atoms with Crippen LogP contribution < -0.4 is 10.6 Å². The summed E-state index contributed by atoms with van der Waals surface area (Å²) < 4.78 is 0. The van der Waals surface area contributed by atoms with Gasteiger partial charge in [0.1, 0.15) is 0 Å². The Morgan fingerprint density at radius 2 is 1.48 bits per heavy atom. The van der Waals surface area contributed by atoms with E-state index in [0.29, 0.717) is 33.2 Å². The molecule has 0 fully saturated rings. The third-order valence-corrected chi connectivity index (χ3v) is 4.24. The minimum Gasteiger partial charge on any atom is -0.322 e. The lowest BCUT2D eigenvalue weighted by Crippen LogP contribution is -2.19. The van der Waals surface area contributed by atoms with Crippen molar-refractivity contribution in [2.45, 2.75) is 13.8 Å². The van der Waals surface area contributed by atoms with Gasteiger partial charge in [-0.15, -0.1) is 0 Å². The van der Waals surface area contributed by atoms with Gasteiger partial charge >= 0.3 is 0 Å². The monoisotopic (exact) mass is 379 g/mol. The summed E-state index contributed by atoms with van der Waals surface area (Å²) >= 11 is 5.86. The fourth-order valence-corrected chi connectivity index (χ4v) is 2.76. The van der Waals surface area contributed by atoms with Crippen molar-refractivity contribution < 1.29 is 9.59 Å². The zero-order valence-electron chi connectivity index (χ0n) is 14.9. The van der Waals surface area contributed by atoms with E-state index in [9.17, 15) is 9.59 Å². The molecule has 0 unspecified atom stereocenters. The molecule has 0 saturated heterocycles. The Kier molecular flexibility index (Phi) is 5.52. The molecule has 6 heteroatoms. The molecule has 3 aromatic rings. The Bertz CT molecular complexity index is 1000. The summed E-state index contributed by atoms with van der Waals surface area (Å²) in [7, 11) is 0. The minimum absolute atomic E-state index is 0.313. The molecule has 0 aliphatic carbocycles. The van der Waals surface area contributed by atoms with Gasteiger partial charge in [-0.25, -0.2) is 0 Å². The molecule has 5 nitrogen and oxygen atoms in total. The maximum absolute atomic E-state index is 12.6. The SMILES string of the molecule is Cc1ccc(C(=O)Nc2ccccc2C(=O)Nc2ccc(Cl)cc2)c(C)n1. The highest BCUT2D eigenvalue weighted by Gasteiger charge is 2.16. The van der Waals surface area contributed by atoms with Crippen LogP contribution in [0.1, 0.15) is 32.1 Å². The standard InChI is InChI=1S/C21H18ClN3O2/c1-13-7-12-17(14(2)23-13)20(26)25-19-6-4-3-5-18(19)21(27)24-16-10-8-15(22)9-11-16/h3-12H,1-2H3,(H,24,27)(H,25,26). The van der Waals surface area contributed by atoms with Crippen LogP contribution in [0.5, 0.6) is 0 Å². The van der Waals surface area contributed by atoms with Crippen LogP contribution in [0.3, 0.4) is 0 Å². The van der Waals surface area contributed by atoms with E-state index in [-0.39, 0.29) is 11.8 Å². The van der Waals surface area contributed by atoms with Gasteiger partial charge in [-0.3, -0.25) is 14.6 Å². The second-order valence-electron chi connectivity index (χ2n) is 6.05. The quantitative estimate of drug-likeness (QED) is 0.680. The molecule has 1 heterocycles. The fraction of sp³-hybridized carbons (Fsp3) is 0.0952. The topological polar surface area (TPSA) is 71.1 Å². The zero-order valence-corrected chi connectivity index (χ0v) is 15.7. The number of hydrogen-bond donors (Lipinski definition) is 2. The predicted octanol–water partition coefficient (Wildman–Crippen LogP) is 4.86. The third-order valence-electron chi connectivity index (χ3n) is 3.99. The van der Waals surface area contributed by atoms with Gasteiger partial charge in [0.2, 0.25) is 0 Å². The summed E-state index contributed by atoms with van der Waals surface area (Å²) in [5.41, 5.74) is 3.34.